The Morgan fingerprint density at radius 3 is 2.78 bits per heavy atom. The van der Waals surface area contributed by atoms with Crippen LogP contribution in [0.25, 0.3) is 0 Å². The monoisotopic (exact) mass is 245 g/mol. The Bertz CT molecular complexity index is 465. The number of nitrogens with one attached hydrogen (secondary N) is 1. The molecule has 0 bridgehead atoms. The topological polar surface area (TPSA) is 34.4 Å². The zero-order chi connectivity index (χ0) is 12.8. The van der Waals surface area contributed by atoms with E-state index in [4.69, 9.17) is 9.15 Å². The number of rotatable bonds is 6. The molecule has 1 aromatic heterocycles. The first-order valence-electron chi connectivity index (χ1n) is 6.28. The molecule has 0 saturated carbocycles. The van der Waals surface area contributed by atoms with E-state index < -0.39 is 0 Å². The van der Waals surface area contributed by atoms with Crippen LogP contribution < -0.4 is 10.1 Å². The quantitative estimate of drug-likeness (QED) is 0.845. The second-order valence-electron chi connectivity index (χ2n) is 4.16. The van der Waals surface area contributed by atoms with Crippen molar-refractivity contribution in [1.82, 2.24) is 5.32 Å². The highest BCUT2D eigenvalue weighted by Gasteiger charge is 2.09. The lowest BCUT2D eigenvalue weighted by molar-refractivity contribution is 0.334. The maximum absolute atomic E-state index is 5.60. The van der Waals surface area contributed by atoms with E-state index in [1.54, 1.807) is 6.26 Å². The number of furan rings is 1. The predicted molar refractivity (Wildman–Crippen MR) is 71.6 cm³/mol. The molecular weight excluding hydrogens is 226 g/mol. The molecule has 0 spiro atoms. The highest BCUT2D eigenvalue weighted by Crippen LogP contribution is 2.19. The number of ether oxygens (including phenoxy) is 1. The Labute approximate surface area is 108 Å². The van der Waals surface area contributed by atoms with Crippen LogP contribution in [0, 0.1) is 0 Å². The number of benzene rings is 1. The highest BCUT2D eigenvalue weighted by atomic mass is 16.5. The normalized spacial score (nSPS) is 12.3. The maximum Gasteiger partial charge on any atom is 0.123 e. The molecule has 2 aromatic rings. The van der Waals surface area contributed by atoms with E-state index in [0.29, 0.717) is 6.61 Å². The summed E-state index contributed by atoms with van der Waals surface area (Å²) in [5.41, 5.74) is 1.16. The molecule has 3 heteroatoms. The van der Waals surface area contributed by atoms with E-state index in [1.165, 1.54) is 0 Å². The molecule has 18 heavy (non-hydrogen) atoms. The first-order chi connectivity index (χ1) is 8.81. The molecule has 0 radical (unpaired) electrons. The fourth-order valence-corrected chi connectivity index (χ4v) is 1.85. The summed E-state index contributed by atoms with van der Waals surface area (Å²) >= 11 is 0. The van der Waals surface area contributed by atoms with Gasteiger partial charge < -0.3 is 14.5 Å². The van der Waals surface area contributed by atoms with E-state index in [1.807, 2.05) is 37.3 Å². The Hall–Kier alpha value is -1.74. The van der Waals surface area contributed by atoms with Gasteiger partial charge in [0.2, 0.25) is 0 Å². The van der Waals surface area contributed by atoms with E-state index >= 15 is 0 Å². The van der Waals surface area contributed by atoms with Gasteiger partial charge in [0, 0.05) is 12.1 Å². The fourth-order valence-electron chi connectivity index (χ4n) is 1.85. The summed E-state index contributed by atoms with van der Waals surface area (Å²) in [7, 11) is 0. The highest BCUT2D eigenvalue weighted by molar-refractivity contribution is 5.33. The van der Waals surface area contributed by atoms with Gasteiger partial charge in [0.25, 0.3) is 0 Å². The minimum Gasteiger partial charge on any atom is -0.494 e. The van der Waals surface area contributed by atoms with Gasteiger partial charge in [-0.2, -0.15) is 0 Å². The average Bonchev–Trinajstić information content (AvgIpc) is 2.92. The lowest BCUT2D eigenvalue weighted by Crippen LogP contribution is -2.18. The Kier molecular flexibility index (Phi) is 4.42. The van der Waals surface area contributed by atoms with Gasteiger partial charge in [-0.15, -0.1) is 0 Å². The van der Waals surface area contributed by atoms with E-state index in [0.717, 1.165) is 23.6 Å². The third kappa shape index (κ3) is 3.14. The van der Waals surface area contributed by atoms with Crippen molar-refractivity contribution in [1.29, 1.82) is 0 Å². The Balaban J connectivity index is 1.97. The Morgan fingerprint density at radius 1 is 1.22 bits per heavy atom. The van der Waals surface area contributed by atoms with E-state index in [2.05, 4.69) is 18.3 Å². The molecule has 96 valence electrons. The summed E-state index contributed by atoms with van der Waals surface area (Å²) in [5.74, 6) is 1.89. The number of hydrogen-bond donors (Lipinski definition) is 1. The molecule has 1 heterocycles. The van der Waals surface area contributed by atoms with Crippen LogP contribution in [-0.4, -0.2) is 6.61 Å². The van der Waals surface area contributed by atoms with Gasteiger partial charge in [0.05, 0.1) is 18.9 Å². The average molecular weight is 245 g/mol. The van der Waals surface area contributed by atoms with E-state index in [9.17, 15) is 0 Å². The fraction of sp³-hybridized carbons (Fsp3) is 0.333. The lowest BCUT2D eigenvalue weighted by atomic mass is 10.2. The van der Waals surface area contributed by atoms with Crippen molar-refractivity contribution < 1.29 is 9.15 Å². The van der Waals surface area contributed by atoms with Crippen LogP contribution in [0.3, 0.4) is 0 Å². The molecule has 0 aliphatic carbocycles. The van der Waals surface area contributed by atoms with Crippen LogP contribution in [0.4, 0.5) is 0 Å². The van der Waals surface area contributed by atoms with Gasteiger partial charge in [-0.05, 0) is 32.0 Å². The molecule has 1 N–H and O–H groups in total. The minimum atomic E-state index is 0.190. The summed E-state index contributed by atoms with van der Waals surface area (Å²) in [6, 6.07) is 12.2. The molecule has 0 amide bonds. The Morgan fingerprint density at radius 2 is 2.06 bits per heavy atom. The standard InChI is InChI=1S/C15H19NO2/c1-3-17-15-8-5-4-7-13(15)11-16-12(2)14-9-6-10-18-14/h4-10,12,16H,3,11H2,1-2H3/t12-/m0/s1. The van der Waals surface area contributed by atoms with Crippen molar-refractivity contribution in [2.24, 2.45) is 0 Å². The summed E-state index contributed by atoms with van der Waals surface area (Å²) in [6.07, 6.45) is 1.70. The summed E-state index contributed by atoms with van der Waals surface area (Å²) < 4.78 is 11.0. The van der Waals surface area contributed by atoms with Crippen molar-refractivity contribution in [3.8, 4) is 5.75 Å². The third-order valence-corrected chi connectivity index (χ3v) is 2.84. The largest absolute Gasteiger partial charge is 0.494 e. The molecule has 1 aromatic carbocycles. The second-order valence-corrected chi connectivity index (χ2v) is 4.16. The summed E-state index contributed by atoms with van der Waals surface area (Å²) in [5, 5.41) is 3.43. The van der Waals surface area contributed by atoms with Crippen molar-refractivity contribution in [3.63, 3.8) is 0 Å². The first-order valence-corrected chi connectivity index (χ1v) is 6.28. The van der Waals surface area contributed by atoms with Crippen molar-refractivity contribution in [2.45, 2.75) is 26.4 Å². The molecule has 0 unspecified atom stereocenters. The van der Waals surface area contributed by atoms with Crippen molar-refractivity contribution >= 4 is 0 Å². The van der Waals surface area contributed by atoms with Crippen LogP contribution >= 0.6 is 0 Å². The van der Waals surface area contributed by atoms with Crippen molar-refractivity contribution in [2.75, 3.05) is 6.61 Å². The van der Waals surface area contributed by atoms with Gasteiger partial charge in [0.1, 0.15) is 11.5 Å². The molecule has 3 nitrogen and oxygen atoms in total. The molecule has 0 aliphatic rings. The number of para-hydroxylation sites is 1. The number of hydrogen-bond acceptors (Lipinski definition) is 3. The molecule has 2 rings (SSSR count). The summed E-state index contributed by atoms with van der Waals surface area (Å²) in [4.78, 5) is 0. The molecule has 0 saturated heterocycles. The second kappa shape index (κ2) is 6.26. The SMILES string of the molecule is CCOc1ccccc1CN[C@@H](C)c1ccco1. The van der Waals surface area contributed by atoms with Gasteiger partial charge in [0.15, 0.2) is 0 Å². The molecule has 0 aliphatic heterocycles. The van der Waals surface area contributed by atoms with Gasteiger partial charge in [-0.3, -0.25) is 0 Å². The van der Waals surface area contributed by atoms with Crippen molar-refractivity contribution in [3.05, 3.63) is 54.0 Å². The zero-order valence-corrected chi connectivity index (χ0v) is 10.8. The smallest absolute Gasteiger partial charge is 0.123 e. The molecule has 0 fully saturated rings. The van der Waals surface area contributed by atoms with E-state index in [-0.39, 0.29) is 6.04 Å². The van der Waals surface area contributed by atoms with Gasteiger partial charge in [-0.25, -0.2) is 0 Å². The van der Waals surface area contributed by atoms with Gasteiger partial charge in [-0.1, -0.05) is 18.2 Å². The third-order valence-electron chi connectivity index (χ3n) is 2.84. The van der Waals surface area contributed by atoms with Crippen LogP contribution in [-0.2, 0) is 6.54 Å². The molecule has 1 atom stereocenters. The lowest BCUT2D eigenvalue weighted by Gasteiger charge is -2.14. The summed E-state index contributed by atoms with van der Waals surface area (Å²) in [6.45, 7) is 5.53. The molecular formula is C15H19NO2. The van der Waals surface area contributed by atoms with Gasteiger partial charge >= 0.3 is 0 Å². The first kappa shape index (κ1) is 12.7. The predicted octanol–water partition coefficient (Wildman–Crippen LogP) is 3.53. The minimum absolute atomic E-state index is 0.190. The zero-order valence-electron chi connectivity index (χ0n) is 10.8. The van der Waals surface area contributed by atoms with Crippen LogP contribution in [0.5, 0.6) is 5.75 Å². The van der Waals surface area contributed by atoms with Crippen LogP contribution in [0.1, 0.15) is 31.2 Å². The van der Waals surface area contributed by atoms with Crippen LogP contribution in [0.2, 0.25) is 0 Å². The van der Waals surface area contributed by atoms with Crippen LogP contribution in [0.15, 0.2) is 47.1 Å². The maximum atomic E-state index is 5.60.